The molecular formula is C32H38N4O3. The van der Waals surface area contributed by atoms with Crippen molar-refractivity contribution in [3.05, 3.63) is 77.0 Å². The van der Waals surface area contributed by atoms with Crippen molar-refractivity contribution in [3.63, 3.8) is 0 Å². The van der Waals surface area contributed by atoms with Gasteiger partial charge < -0.3 is 20.7 Å². The summed E-state index contributed by atoms with van der Waals surface area (Å²) in [7, 11) is 1.93. The van der Waals surface area contributed by atoms with Gasteiger partial charge in [-0.1, -0.05) is 32.9 Å². The van der Waals surface area contributed by atoms with Crippen molar-refractivity contribution in [2.24, 2.45) is 11.8 Å². The van der Waals surface area contributed by atoms with Crippen LogP contribution in [0.15, 0.2) is 54.7 Å². The molecule has 204 valence electrons. The van der Waals surface area contributed by atoms with Gasteiger partial charge in [-0.2, -0.15) is 0 Å². The zero-order valence-corrected chi connectivity index (χ0v) is 23.3. The molecule has 1 atom stereocenters. The van der Waals surface area contributed by atoms with Crippen LogP contribution in [0.2, 0.25) is 0 Å². The summed E-state index contributed by atoms with van der Waals surface area (Å²) in [5, 5.41) is 9.28. The molecule has 3 aromatic rings. The molecule has 0 aliphatic heterocycles. The molecule has 0 spiro atoms. The summed E-state index contributed by atoms with van der Waals surface area (Å²) in [6, 6.07) is 16.0. The fraction of sp³-hybridized carbons (Fsp3) is 0.406. The Morgan fingerprint density at radius 2 is 1.67 bits per heavy atom. The van der Waals surface area contributed by atoms with E-state index in [0.29, 0.717) is 23.7 Å². The van der Waals surface area contributed by atoms with Gasteiger partial charge >= 0.3 is 0 Å². The minimum atomic E-state index is -0.107. The first kappa shape index (κ1) is 26.9. The van der Waals surface area contributed by atoms with Gasteiger partial charge in [-0.05, 0) is 97.2 Å². The molecule has 7 heteroatoms. The normalized spacial score (nSPS) is 16.8. The van der Waals surface area contributed by atoms with Crippen LogP contribution >= 0.6 is 0 Å². The molecule has 2 aromatic carbocycles. The third-order valence-corrected chi connectivity index (χ3v) is 7.45. The number of hydrogen-bond donors (Lipinski definition) is 3. The number of benzene rings is 2. The lowest BCUT2D eigenvalue weighted by molar-refractivity contribution is -0.120. The van der Waals surface area contributed by atoms with E-state index in [-0.39, 0.29) is 29.1 Å². The largest absolute Gasteiger partial charge is 0.457 e. The average Bonchev–Trinajstić information content (AvgIpc) is 3.74. The highest BCUT2D eigenvalue weighted by atomic mass is 16.5. The van der Waals surface area contributed by atoms with E-state index in [0.717, 1.165) is 49.0 Å². The Balaban J connectivity index is 1.26. The molecule has 0 saturated heterocycles. The number of amides is 2. The lowest BCUT2D eigenvalue weighted by Gasteiger charge is -2.25. The molecule has 5 rings (SSSR count). The molecular weight excluding hydrogens is 488 g/mol. The smallest absolute Gasteiger partial charge is 0.228 e. The van der Waals surface area contributed by atoms with Crippen LogP contribution in [0.4, 0.5) is 11.5 Å². The molecule has 3 N–H and O–H groups in total. The number of aryl methyl sites for hydroxylation is 1. The second-order valence-electron chi connectivity index (χ2n) is 11.8. The second kappa shape index (κ2) is 11.2. The summed E-state index contributed by atoms with van der Waals surface area (Å²) in [6.45, 7) is 7.31. The Morgan fingerprint density at radius 3 is 2.41 bits per heavy atom. The summed E-state index contributed by atoms with van der Waals surface area (Å²) < 4.78 is 6.12. The van der Waals surface area contributed by atoms with Crippen LogP contribution in [0.25, 0.3) is 0 Å². The van der Waals surface area contributed by atoms with Gasteiger partial charge in [0.15, 0.2) is 0 Å². The first-order chi connectivity index (χ1) is 18.7. The summed E-state index contributed by atoms with van der Waals surface area (Å²) in [6.07, 6.45) is 5.85. The first-order valence-electron chi connectivity index (χ1n) is 13.8. The quantitative estimate of drug-likeness (QED) is 0.336. The average molecular weight is 527 g/mol. The fourth-order valence-corrected chi connectivity index (χ4v) is 5.02. The summed E-state index contributed by atoms with van der Waals surface area (Å²) in [5.74, 6) is 1.88. The van der Waals surface area contributed by atoms with E-state index < -0.39 is 0 Å². The number of fused-ring (bicyclic) bond motifs is 1. The zero-order valence-electron chi connectivity index (χ0n) is 23.3. The first-order valence-corrected chi connectivity index (χ1v) is 13.8. The van der Waals surface area contributed by atoms with Gasteiger partial charge in [0.05, 0.1) is 0 Å². The van der Waals surface area contributed by atoms with E-state index in [9.17, 15) is 9.59 Å². The van der Waals surface area contributed by atoms with Crippen molar-refractivity contribution in [1.82, 2.24) is 10.3 Å². The van der Waals surface area contributed by atoms with Crippen molar-refractivity contribution < 1.29 is 14.3 Å². The van der Waals surface area contributed by atoms with E-state index in [1.807, 2.05) is 19.2 Å². The molecule has 0 bridgehead atoms. The number of aromatic nitrogens is 1. The monoisotopic (exact) mass is 526 g/mol. The van der Waals surface area contributed by atoms with Gasteiger partial charge in [0, 0.05) is 36.3 Å². The number of ether oxygens (including phenoxy) is 1. The number of nitrogens with one attached hydrogen (secondary N) is 3. The van der Waals surface area contributed by atoms with Crippen LogP contribution in [0.3, 0.4) is 0 Å². The van der Waals surface area contributed by atoms with E-state index >= 15 is 0 Å². The fourth-order valence-electron chi connectivity index (χ4n) is 5.02. The van der Waals surface area contributed by atoms with Gasteiger partial charge in [-0.15, -0.1) is 0 Å². The van der Waals surface area contributed by atoms with E-state index in [2.05, 4.69) is 66.0 Å². The predicted molar refractivity (Wildman–Crippen MR) is 154 cm³/mol. The van der Waals surface area contributed by atoms with Crippen molar-refractivity contribution in [3.8, 4) is 11.5 Å². The molecule has 2 aliphatic carbocycles. The van der Waals surface area contributed by atoms with Crippen LogP contribution in [0.5, 0.6) is 11.5 Å². The summed E-state index contributed by atoms with van der Waals surface area (Å²) >= 11 is 0. The third-order valence-electron chi connectivity index (χ3n) is 7.45. The second-order valence-corrected chi connectivity index (χ2v) is 11.8. The Bertz CT molecular complexity index is 1370. The van der Waals surface area contributed by atoms with Gasteiger partial charge in [0.2, 0.25) is 11.8 Å². The topological polar surface area (TPSA) is 92.3 Å². The van der Waals surface area contributed by atoms with Crippen LogP contribution in [0, 0.1) is 11.8 Å². The molecule has 1 heterocycles. The van der Waals surface area contributed by atoms with Crippen molar-refractivity contribution in [1.29, 1.82) is 0 Å². The van der Waals surface area contributed by atoms with Crippen molar-refractivity contribution in [2.75, 3.05) is 17.7 Å². The molecule has 2 amide bonds. The summed E-state index contributed by atoms with van der Waals surface area (Å²) in [4.78, 5) is 29.7. The number of anilines is 2. The third kappa shape index (κ3) is 6.84. The van der Waals surface area contributed by atoms with Crippen molar-refractivity contribution in [2.45, 2.75) is 64.8 Å². The number of pyridine rings is 1. The minimum Gasteiger partial charge on any atom is -0.457 e. The van der Waals surface area contributed by atoms with Gasteiger partial charge in [0.1, 0.15) is 17.3 Å². The molecule has 39 heavy (non-hydrogen) atoms. The van der Waals surface area contributed by atoms with E-state index in [1.165, 1.54) is 11.1 Å². The summed E-state index contributed by atoms with van der Waals surface area (Å²) in [5.41, 5.74) is 5.58. The Hall–Kier alpha value is -3.71. The molecule has 1 fully saturated rings. The van der Waals surface area contributed by atoms with E-state index in [4.69, 9.17) is 4.74 Å². The molecule has 1 aromatic heterocycles. The highest BCUT2D eigenvalue weighted by molar-refractivity contribution is 5.94. The lowest BCUT2D eigenvalue weighted by atomic mass is 9.83. The highest BCUT2D eigenvalue weighted by Gasteiger charge is 2.30. The molecule has 1 saturated carbocycles. The maximum absolute atomic E-state index is 13.4. The number of nitrogens with zero attached hydrogens (tertiary/aromatic N) is 1. The molecule has 7 nitrogen and oxygen atoms in total. The Labute approximate surface area is 230 Å². The number of carbonyl (C=O) groups excluding carboxylic acids is 2. The van der Waals surface area contributed by atoms with Crippen LogP contribution in [-0.2, 0) is 34.4 Å². The lowest BCUT2D eigenvalue weighted by Crippen LogP contribution is -2.28. The number of hydrogen-bond acceptors (Lipinski definition) is 5. The molecule has 2 aliphatic rings. The Kier molecular flexibility index (Phi) is 7.71. The maximum atomic E-state index is 13.4. The van der Waals surface area contributed by atoms with E-state index in [1.54, 1.807) is 18.3 Å². The van der Waals surface area contributed by atoms with Crippen LogP contribution < -0.4 is 20.7 Å². The SMILES string of the molecule is CNCc1cc(NC(=O)C2CCc3ccc(Oc4ccnc(NC(=O)C5CC5)c4)cc3C2)cc(C(C)(C)C)c1. The Morgan fingerprint density at radius 1 is 0.897 bits per heavy atom. The zero-order chi connectivity index (χ0) is 27.6. The van der Waals surface area contributed by atoms with Gasteiger partial charge in [-0.25, -0.2) is 4.98 Å². The van der Waals surface area contributed by atoms with Crippen LogP contribution in [0.1, 0.15) is 62.3 Å². The maximum Gasteiger partial charge on any atom is 0.228 e. The van der Waals surface area contributed by atoms with Crippen LogP contribution in [-0.4, -0.2) is 23.8 Å². The number of rotatable bonds is 8. The number of carbonyl (C=O) groups is 2. The highest BCUT2D eigenvalue weighted by Crippen LogP contribution is 2.33. The molecule has 0 radical (unpaired) electrons. The van der Waals surface area contributed by atoms with Crippen molar-refractivity contribution >= 4 is 23.3 Å². The minimum absolute atomic E-state index is 0.0121. The van der Waals surface area contributed by atoms with Gasteiger partial charge in [0.25, 0.3) is 0 Å². The van der Waals surface area contributed by atoms with Gasteiger partial charge in [-0.3, -0.25) is 9.59 Å². The predicted octanol–water partition coefficient (Wildman–Crippen LogP) is 5.98. The standard InChI is InChI=1S/C32H38N4O3/c1-32(2,3)25-13-20(19-33-4)14-26(17-25)35-31(38)23-8-5-21-9-10-27(16-24(21)15-23)39-28-11-12-34-29(18-28)36-30(37)22-6-7-22/h9-14,16-18,22-23,33H,5-8,15,19H2,1-4H3,(H,35,38)(H,34,36,37). The molecule has 1 unspecified atom stereocenters.